The van der Waals surface area contributed by atoms with E-state index in [1.54, 1.807) is 13.8 Å². The van der Waals surface area contributed by atoms with Crippen LogP contribution < -0.4 is 10.2 Å². The van der Waals surface area contributed by atoms with E-state index in [4.69, 9.17) is 0 Å². The van der Waals surface area contributed by atoms with Gasteiger partial charge in [-0.3, -0.25) is 15.1 Å². The first kappa shape index (κ1) is 22.1. The van der Waals surface area contributed by atoms with Crippen LogP contribution in [0.2, 0.25) is 0 Å². The van der Waals surface area contributed by atoms with Gasteiger partial charge in [-0.1, -0.05) is 6.07 Å². The van der Waals surface area contributed by atoms with Crippen molar-refractivity contribution in [1.29, 1.82) is 0 Å². The van der Waals surface area contributed by atoms with Crippen molar-refractivity contribution < 1.29 is 31.1 Å². The average molecular weight is 431 g/mol. The smallest absolute Gasteiger partial charge is 0.311 e. The van der Waals surface area contributed by atoms with E-state index in [0.29, 0.717) is 24.2 Å². The van der Waals surface area contributed by atoms with Gasteiger partial charge in [-0.15, -0.1) is 0 Å². The third-order valence-electron chi connectivity index (χ3n) is 5.02. The molecule has 1 aliphatic heterocycles. The number of rotatable bonds is 4. The number of hydrogen-bond acceptors (Lipinski definition) is 3. The lowest BCUT2D eigenvalue weighted by Crippen LogP contribution is -2.47. The van der Waals surface area contributed by atoms with Gasteiger partial charge >= 0.3 is 12.4 Å². The molecule has 0 spiro atoms. The van der Waals surface area contributed by atoms with Gasteiger partial charge in [0.05, 0.1) is 11.6 Å². The van der Waals surface area contributed by atoms with Gasteiger partial charge in [0.2, 0.25) is 5.91 Å². The van der Waals surface area contributed by atoms with Crippen molar-refractivity contribution in [3.63, 3.8) is 0 Å². The molecule has 1 fully saturated rings. The van der Waals surface area contributed by atoms with Crippen LogP contribution in [0.15, 0.2) is 42.6 Å². The van der Waals surface area contributed by atoms with E-state index < -0.39 is 35.2 Å². The summed E-state index contributed by atoms with van der Waals surface area (Å²) in [5, 5.41) is 3.12. The topological polar surface area (TPSA) is 45.2 Å². The number of amides is 1. The van der Waals surface area contributed by atoms with Crippen LogP contribution in [-0.4, -0.2) is 23.5 Å². The summed E-state index contributed by atoms with van der Waals surface area (Å²) in [6.45, 7) is 3.74. The minimum absolute atomic E-state index is 0.309. The van der Waals surface area contributed by atoms with Crippen LogP contribution in [0.1, 0.15) is 37.1 Å². The molecule has 10 heteroatoms. The van der Waals surface area contributed by atoms with Crippen molar-refractivity contribution in [3.05, 3.63) is 59.4 Å². The van der Waals surface area contributed by atoms with E-state index in [-0.39, 0.29) is 5.91 Å². The van der Waals surface area contributed by atoms with Crippen LogP contribution in [0.5, 0.6) is 0 Å². The summed E-state index contributed by atoms with van der Waals surface area (Å²) in [4.78, 5) is 17.6. The van der Waals surface area contributed by atoms with E-state index in [2.05, 4.69) is 10.3 Å². The Morgan fingerprint density at radius 1 is 0.933 bits per heavy atom. The molecular formula is C20H19F6N3O. The van der Waals surface area contributed by atoms with Gasteiger partial charge in [-0.05, 0) is 56.2 Å². The second-order valence-electron chi connectivity index (χ2n) is 7.57. The third kappa shape index (κ3) is 4.58. The van der Waals surface area contributed by atoms with Gasteiger partial charge in [0.1, 0.15) is 5.69 Å². The first-order valence-electron chi connectivity index (χ1n) is 9.09. The van der Waals surface area contributed by atoms with Crippen LogP contribution in [0.3, 0.4) is 0 Å². The molecular weight excluding hydrogens is 412 g/mol. The maximum absolute atomic E-state index is 12.8. The number of carbonyl (C=O) groups excluding carboxylic acids is 1. The van der Waals surface area contributed by atoms with Gasteiger partial charge in [-0.2, -0.15) is 26.3 Å². The van der Waals surface area contributed by atoms with Gasteiger partial charge in [0.15, 0.2) is 0 Å². The summed E-state index contributed by atoms with van der Waals surface area (Å²) >= 11 is 0. The van der Waals surface area contributed by atoms with Gasteiger partial charge in [0, 0.05) is 24.0 Å². The third-order valence-corrected chi connectivity index (χ3v) is 5.02. The zero-order valence-electron chi connectivity index (χ0n) is 16.1. The molecule has 4 nitrogen and oxygen atoms in total. The van der Waals surface area contributed by atoms with Crippen molar-refractivity contribution >= 4 is 11.6 Å². The summed E-state index contributed by atoms with van der Waals surface area (Å²) < 4.78 is 76.2. The summed E-state index contributed by atoms with van der Waals surface area (Å²) in [5.74, 6) is -0.317. The Labute approximate surface area is 168 Å². The monoisotopic (exact) mass is 431 g/mol. The first-order valence-corrected chi connectivity index (χ1v) is 9.09. The highest BCUT2D eigenvalue weighted by Gasteiger charge is 2.38. The number of pyridine rings is 1. The van der Waals surface area contributed by atoms with E-state index in [1.165, 1.54) is 23.1 Å². The number of alkyl halides is 6. The summed E-state index contributed by atoms with van der Waals surface area (Å²) in [6, 6.07) is 5.87. The number of anilines is 1. The predicted octanol–water partition coefficient (Wildman–Crippen LogP) is 4.75. The molecule has 1 aliphatic rings. The minimum Gasteiger partial charge on any atom is -0.311 e. The number of nitrogens with one attached hydrogen (secondary N) is 1. The van der Waals surface area contributed by atoms with Crippen LogP contribution in [-0.2, 0) is 22.7 Å². The summed E-state index contributed by atoms with van der Waals surface area (Å²) in [6.07, 6.45) is -7.49. The van der Waals surface area contributed by atoms with Crippen molar-refractivity contribution in [1.82, 2.24) is 10.3 Å². The van der Waals surface area contributed by atoms with Crippen molar-refractivity contribution in [2.75, 3.05) is 11.4 Å². The maximum Gasteiger partial charge on any atom is 0.433 e. The fraction of sp³-hybridized carbons (Fsp3) is 0.400. The molecule has 1 aromatic heterocycles. The van der Waals surface area contributed by atoms with Crippen LogP contribution >= 0.6 is 0 Å². The second-order valence-corrected chi connectivity index (χ2v) is 7.57. The lowest BCUT2D eigenvalue weighted by molar-refractivity contribution is -0.141. The molecule has 0 bridgehead atoms. The Kier molecular flexibility index (Phi) is 5.57. The highest BCUT2D eigenvalue weighted by atomic mass is 19.4. The molecule has 2 aromatic rings. The molecule has 1 saturated heterocycles. The Morgan fingerprint density at radius 3 is 2.03 bits per heavy atom. The standard InChI is InChI=1S/C20H19F6N3O/c1-18(2,13-5-8-16(27-11-13)20(24,25)26)28-15-9-10-29(17(15)30)14-6-3-12(4-7-14)19(21,22)23/h3-8,11,15,28H,9-10H2,1-2H3. The number of benzene rings is 1. The number of hydrogen-bond donors (Lipinski definition) is 1. The Balaban J connectivity index is 1.71. The number of aromatic nitrogens is 1. The molecule has 162 valence electrons. The molecule has 1 amide bonds. The molecule has 1 unspecified atom stereocenters. The fourth-order valence-electron chi connectivity index (χ4n) is 3.35. The minimum atomic E-state index is -4.54. The zero-order valence-corrected chi connectivity index (χ0v) is 16.1. The normalized spacial score (nSPS) is 18.2. The highest BCUT2D eigenvalue weighted by Crippen LogP contribution is 2.32. The SMILES string of the molecule is CC(C)(NC1CCN(c2ccc(C(F)(F)F)cc2)C1=O)c1ccc(C(F)(F)F)nc1. The van der Waals surface area contributed by atoms with Gasteiger partial charge in [0.25, 0.3) is 0 Å². The molecule has 3 rings (SSSR count). The lowest BCUT2D eigenvalue weighted by atomic mass is 9.94. The van der Waals surface area contributed by atoms with Crippen LogP contribution in [0, 0.1) is 0 Å². The van der Waals surface area contributed by atoms with E-state index in [1.807, 2.05) is 0 Å². The number of nitrogens with zero attached hydrogens (tertiary/aromatic N) is 2. The highest BCUT2D eigenvalue weighted by molar-refractivity contribution is 5.99. The van der Waals surface area contributed by atoms with E-state index in [9.17, 15) is 31.1 Å². The molecule has 2 heterocycles. The molecule has 0 saturated carbocycles. The Hall–Kier alpha value is -2.62. The Bertz CT molecular complexity index is 904. The molecule has 1 N–H and O–H groups in total. The quantitative estimate of drug-likeness (QED) is 0.711. The second kappa shape index (κ2) is 7.57. The van der Waals surface area contributed by atoms with Crippen molar-refractivity contribution in [2.24, 2.45) is 0 Å². The van der Waals surface area contributed by atoms with Crippen molar-refractivity contribution in [3.8, 4) is 0 Å². The number of carbonyl (C=O) groups is 1. The predicted molar refractivity (Wildman–Crippen MR) is 97.6 cm³/mol. The molecule has 0 aliphatic carbocycles. The van der Waals surface area contributed by atoms with Crippen LogP contribution in [0.25, 0.3) is 0 Å². The van der Waals surface area contributed by atoms with E-state index >= 15 is 0 Å². The largest absolute Gasteiger partial charge is 0.433 e. The fourth-order valence-corrected chi connectivity index (χ4v) is 3.35. The average Bonchev–Trinajstić information content (AvgIpc) is 3.00. The van der Waals surface area contributed by atoms with Gasteiger partial charge in [-0.25, -0.2) is 0 Å². The first-order chi connectivity index (χ1) is 13.8. The summed E-state index contributed by atoms with van der Waals surface area (Å²) in [7, 11) is 0. The van der Waals surface area contributed by atoms with Crippen LogP contribution in [0.4, 0.5) is 32.0 Å². The van der Waals surface area contributed by atoms with Gasteiger partial charge < -0.3 is 4.90 Å². The molecule has 30 heavy (non-hydrogen) atoms. The molecule has 0 radical (unpaired) electrons. The lowest BCUT2D eigenvalue weighted by Gasteiger charge is -2.30. The molecule has 1 aromatic carbocycles. The van der Waals surface area contributed by atoms with Crippen molar-refractivity contribution in [2.45, 2.75) is 44.2 Å². The zero-order chi connectivity index (χ0) is 22.3. The Morgan fingerprint density at radius 2 is 1.53 bits per heavy atom. The van der Waals surface area contributed by atoms with E-state index in [0.717, 1.165) is 24.4 Å². The summed E-state index contributed by atoms with van der Waals surface area (Å²) in [5.41, 5.74) is -1.84. The maximum atomic E-state index is 12.8. The number of halogens is 6. The molecule has 1 atom stereocenters.